The molecule has 152 valence electrons. The van der Waals surface area contributed by atoms with Gasteiger partial charge in [0, 0.05) is 25.5 Å². The first-order chi connectivity index (χ1) is 13.8. The van der Waals surface area contributed by atoms with E-state index in [1.165, 1.54) is 14.7 Å². The van der Waals surface area contributed by atoms with Crippen LogP contribution < -0.4 is 11.2 Å². The fraction of sp³-hybridized carbons (Fsp3) is 0.409. The highest BCUT2D eigenvalue weighted by Gasteiger charge is 2.21. The summed E-state index contributed by atoms with van der Waals surface area (Å²) in [5.74, 6) is 0.642. The Kier molecular flexibility index (Phi) is 4.68. The van der Waals surface area contributed by atoms with Crippen molar-refractivity contribution < 1.29 is 0 Å². The zero-order chi connectivity index (χ0) is 20.9. The van der Waals surface area contributed by atoms with E-state index in [9.17, 15) is 9.59 Å². The van der Waals surface area contributed by atoms with Gasteiger partial charge in [-0.25, -0.2) is 4.79 Å². The molecule has 0 radical (unpaired) electrons. The average Bonchev–Trinajstić information content (AvgIpc) is 3.18. The van der Waals surface area contributed by atoms with Crippen LogP contribution in [0.25, 0.3) is 22.6 Å². The summed E-state index contributed by atoms with van der Waals surface area (Å²) in [6.45, 7) is 8.66. The van der Waals surface area contributed by atoms with Crippen LogP contribution in [0.15, 0.2) is 34.0 Å². The van der Waals surface area contributed by atoms with Gasteiger partial charge in [-0.3, -0.25) is 22.9 Å². The fourth-order valence-electron chi connectivity index (χ4n) is 4.08. The van der Waals surface area contributed by atoms with Gasteiger partial charge < -0.3 is 0 Å². The summed E-state index contributed by atoms with van der Waals surface area (Å²) in [6.07, 6.45) is 4.75. The van der Waals surface area contributed by atoms with Gasteiger partial charge in [0.05, 0.1) is 5.69 Å². The molecule has 1 aromatic carbocycles. The molecule has 0 amide bonds. The second kappa shape index (κ2) is 7.06. The highest BCUT2D eigenvalue weighted by molar-refractivity contribution is 5.76. The van der Waals surface area contributed by atoms with Gasteiger partial charge in [0.15, 0.2) is 11.2 Å². The maximum absolute atomic E-state index is 13.2. The number of unbranched alkanes of at least 4 members (excludes halogenated alkanes) is 2. The first-order valence-corrected chi connectivity index (χ1v) is 10.1. The number of rotatable bonds is 5. The van der Waals surface area contributed by atoms with Gasteiger partial charge in [0.1, 0.15) is 0 Å². The van der Waals surface area contributed by atoms with Crippen LogP contribution in [-0.4, -0.2) is 23.1 Å². The molecule has 7 heteroatoms. The minimum Gasteiger partial charge on any atom is -0.283 e. The van der Waals surface area contributed by atoms with Crippen molar-refractivity contribution >= 4 is 16.9 Å². The van der Waals surface area contributed by atoms with E-state index in [0.717, 1.165) is 36.2 Å². The molecule has 0 unspecified atom stereocenters. The summed E-state index contributed by atoms with van der Waals surface area (Å²) in [5, 5.41) is 0. The van der Waals surface area contributed by atoms with Gasteiger partial charge in [0.25, 0.3) is 5.56 Å². The second-order valence-electron chi connectivity index (χ2n) is 7.86. The lowest BCUT2D eigenvalue weighted by atomic mass is 10.1. The standard InChI is InChI=1S/C22H27N5O2/c1-6-7-8-11-25-20(28)18-19(24(5)22(25)29)23-21-26(18)13-16(4)27(21)17-10-9-14(2)12-15(17)3/h9-10,12-13H,6-8,11H2,1-5H3. The topological polar surface area (TPSA) is 66.2 Å². The van der Waals surface area contributed by atoms with E-state index < -0.39 is 0 Å². The predicted molar refractivity (Wildman–Crippen MR) is 115 cm³/mol. The molecule has 0 atom stereocenters. The number of hydrogen-bond donors (Lipinski definition) is 0. The summed E-state index contributed by atoms with van der Waals surface area (Å²) in [7, 11) is 1.68. The molecule has 4 aromatic rings. The normalized spacial score (nSPS) is 11.8. The lowest BCUT2D eigenvalue weighted by Gasteiger charge is -2.10. The van der Waals surface area contributed by atoms with Crippen molar-refractivity contribution in [3.05, 3.63) is 62.1 Å². The number of imidazole rings is 2. The minimum atomic E-state index is -0.311. The van der Waals surface area contributed by atoms with Gasteiger partial charge in [-0.15, -0.1) is 0 Å². The summed E-state index contributed by atoms with van der Waals surface area (Å²) in [4.78, 5) is 30.7. The van der Waals surface area contributed by atoms with E-state index in [0.29, 0.717) is 23.5 Å². The van der Waals surface area contributed by atoms with Crippen molar-refractivity contribution in [3.63, 3.8) is 0 Å². The molecule has 0 aliphatic carbocycles. The zero-order valence-corrected chi connectivity index (χ0v) is 17.7. The van der Waals surface area contributed by atoms with Crippen molar-refractivity contribution in [1.82, 2.24) is 23.1 Å². The van der Waals surface area contributed by atoms with Crippen LogP contribution >= 0.6 is 0 Å². The van der Waals surface area contributed by atoms with E-state index in [-0.39, 0.29) is 11.2 Å². The fourth-order valence-corrected chi connectivity index (χ4v) is 4.08. The van der Waals surface area contributed by atoms with Crippen LogP contribution in [0.1, 0.15) is 43.0 Å². The third-order valence-corrected chi connectivity index (χ3v) is 5.60. The number of benzene rings is 1. The molecular formula is C22H27N5O2. The van der Waals surface area contributed by atoms with Crippen LogP contribution in [0.4, 0.5) is 0 Å². The summed E-state index contributed by atoms with van der Waals surface area (Å²) < 4.78 is 6.69. The van der Waals surface area contributed by atoms with Crippen molar-refractivity contribution in [2.45, 2.75) is 53.5 Å². The van der Waals surface area contributed by atoms with E-state index >= 15 is 0 Å². The molecule has 0 aliphatic rings. The lowest BCUT2D eigenvalue weighted by molar-refractivity contribution is 0.550. The van der Waals surface area contributed by atoms with E-state index in [4.69, 9.17) is 4.98 Å². The van der Waals surface area contributed by atoms with Crippen LogP contribution in [0, 0.1) is 20.8 Å². The minimum absolute atomic E-state index is 0.274. The first kappa shape index (κ1) is 19.2. The van der Waals surface area contributed by atoms with Gasteiger partial charge in [-0.05, 0) is 38.8 Å². The molecule has 7 nitrogen and oxygen atoms in total. The second-order valence-corrected chi connectivity index (χ2v) is 7.86. The Labute approximate surface area is 168 Å². The summed E-state index contributed by atoms with van der Waals surface area (Å²) >= 11 is 0. The van der Waals surface area contributed by atoms with Gasteiger partial charge in [-0.1, -0.05) is 37.5 Å². The number of fused-ring (bicyclic) bond motifs is 3. The average molecular weight is 393 g/mol. The number of aryl methyl sites for hydroxylation is 4. The number of hydrogen-bond acceptors (Lipinski definition) is 3. The molecule has 4 rings (SSSR count). The molecule has 0 bridgehead atoms. The van der Waals surface area contributed by atoms with Crippen molar-refractivity contribution in [1.29, 1.82) is 0 Å². The summed E-state index contributed by atoms with van der Waals surface area (Å²) in [5.41, 5.74) is 4.60. The largest absolute Gasteiger partial charge is 0.332 e. The first-order valence-electron chi connectivity index (χ1n) is 10.1. The summed E-state index contributed by atoms with van der Waals surface area (Å²) in [6, 6.07) is 6.26. The molecule has 0 N–H and O–H groups in total. The quantitative estimate of drug-likeness (QED) is 0.489. The maximum Gasteiger partial charge on any atom is 0.332 e. The van der Waals surface area contributed by atoms with Crippen molar-refractivity contribution in [3.8, 4) is 5.69 Å². The Hall–Kier alpha value is -3.09. The van der Waals surface area contributed by atoms with Crippen LogP contribution in [-0.2, 0) is 13.6 Å². The van der Waals surface area contributed by atoms with Crippen LogP contribution in [0.3, 0.4) is 0 Å². The van der Waals surface area contributed by atoms with Crippen molar-refractivity contribution in [2.24, 2.45) is 7.05 Å². The molecule has 3 heterocycles. The number of aromatic nitrogens is 5. The van der Waals surface area contributed by atoms with E-state index in [1.54, 1.807) is 7.05 Å². The Balaban J connectivity index is 2.03. The molecular weight excluding hydrogens is 366 g/mol. The third-order valence-electron chi connectivity index (χ3n) is 5.60. The highest BCUT2D eigenvalue weighted by Crippen LogP contribution is 2.23. The molecule has 0 saturated carbocycles. The molecule has 0 saturated heterocycles. The molecule has 0 spiro atoms. The van der Waals surface area contributed by atoms with E-state index in [2.05, 4.69) is 39.0 Å². The molecule has 3 aromatic heterocycles. The smallest absolute Gasteiger partial charge is 0.283 e. The third kappa shape index (κ3) is 2.92. The Morgan fingerprint density at radius 2 is 1.83 bits per heavy atom. The van der Waals surface area contributed by atoms with Gasteiger partial charge in [-0.2, -0.15) is 4.98 Å². The van der Waals surface area contributed by atoms with Crippen LogP contribution in [0.2, 0.25) is 0 Å². The number of nitrogens with zero attached hydrogens (tertiary/aromatic N) is 5. The van der Waals surface area contributed by atoms with Crippen LogP contribution in [0.5, 0.6) is 0 Å². The molecule has 0 fully saturated rings. The Morgan fingerprint density at radius 1 is 1.07 bits per heavy atom. The Bertz CT molecular complexity index is 1350. The molecule has 0 aliphatic heterocycles. The van der Waals surface area contributed by atoms with Gasteiger partial charge >= 0.3 is 5.69 Å². The van der Waals surface area contributed by atoms with E-state index in [1.807, 2.05) is 22.1 Å². The van der Waals surface area contributed by atoms with Gasteiger partial charge in [0.2, 0.25) is 5.78 Å². The zero-order valence-electron chi connectivity index (χ0n) is 17.7. The predicted octanol–water partition coefficient (Wildman–Crippen LogP) is 3.25. The Morgan fingerprint density at radius 3 is 2.52 bits per heavy atom. The molecule has 29 heavy (non-hydrogen) atoms. The highest BCUT2D eigenvalue weighted by atomic mass is 16.2. The SMILES string of the molecule is CCCCCn1c(=O)c2c(nc3n(-c4ccc(C)cc4C)c(C)cn23)n(C)c1=O. The maximum atomic E-state index is 13.2. The lowest BCUT2D eigenvalue weighted by Crippen LogP contribution is -2.39. The monoisotopic (exact) mass is 393 g/mol. The van der Waals surface area contributed by atoms with Crippen molar-refractivity contribution in [2.75, 3.05) is 0 Å².